The number of piperidine rings is 1. The summed E-state index contributed by atoms with van der Waals surface area (Å²) >= 11 is 0. The second-order valence-corrected chi connectivity index (χ2v) is 3.40. The first-order valence-electron chi connectivity index (χ1n) is 4.72. The molecule has 0 saturated carbocycles. The lowest BCUT2D eigenvalue weighted by molar-refractivity contribution is -0.0551. The Labute approximate surface area is 73.4 Å². The lowest BCUT2D eigenvalue weighted by Gasteiger charge is -2.24. The molecule has 2 aliphatic rings. The van der Waals surface area contributed by atoms with E-state index in [9.17, 15) is 0 Å². The summed E-state index contributed by atoms with van der Waals surface area (Å²) < 4.78 is 10.8. The Balaban J connectivity index is 1.69. The molecule has 3 heteroatoms. The van der Waals surface area contributed by atoms with Gasteiger partial charge in [-0.15, -0.1) is 0 Å². The highest BCUT2D eigenvalue weighted by atomic mass is 16.7. The van der Waals surface area contributed by atoms with Gasteiger partial charge >= 0.3 is 0 Å². The van der Waals surface area contributed by atoms with E-state index in [-0.39, 0.29) is 6.29 Å². The largest absolute Gasteiger partial charge is 0.350 e. The summed E-state index contributed by atoms with van der Waals surface area (Å²) in [5.74, 6) is 0.641. The lowest BCUT2D eigenvalue weighted by Crippen LogP contribution is -2.32. The molecule has 2 heterocycles. The first-order chi connectivity index (χ1) is 5.95. The molecule has 0 aromatic carbocycles. The molecule has 1 unspecified atom stereocenters. The van der Waals surface area contributed by atoms with Gasteiger partial charge in [0.1, 0.15) is 0 Å². The molecule has 1 atom stereocenters. The Kier molecular flexibility index (Phi) is 2.98. The zero-order valence-electron chi connectivity index (χ0n) is 7.29. The van der Waals surface area contributed by atoms with Gasteiger partial charge in [0, 0.05) is 6.42 Å². The average molecular weight is 170 g/mol. The maximum absolute atomic E-state index is 5.39. The number of nitrogens with one attached hydrogen (secondary N) is 1. The zero-order chi connectivity index (χ0) is 8.23. The molecule has 1 N–H and O–H groups in total. The molecule has 3 nitrogen and oxygen atoms in total. The van der Waals surface area contributed by atoms with Gasteiger partial charge in [-0.05, 0) is 31.8 Å². The summed E-state index contributed by atoms with van der Waals surface area (Å²) in [7, 11) is 0. The van der Waals surface area contributed by atoms with Gasteiger partial charge in [0.15, 0.2) is 6.29 Å². The van der Waals surface area contributed by atoms with Crippen LogP contribution >= 0.6 is 0 Å². The van der Waals surface area contributed by atoms with E-state index in [1.54, 1.807) is 0 Å². The van der Waals surface area contributed by atoms with Crippen LogP contribution < -0.4 is 5.32 Å². The fourth-order valence-corrected chi connectivity index (χ4v) is 1.76. The molecule has 0 bridgehead atoms. The van der Waals surface area contributed by atoms with Crippen molar-refractivity contribution in [2.75, 3.05) is 26.3 Å². The van der Waals surface area contributed by atoms with Gasteiger partial charge in [0.2, 0.25) is 0 Å². The van der Waals surface area contributed by atoms with Crippen molar-refractivity contribution in [3.05, 3.63) is 6.42 Å². The maximum atomic E-state index is 5.39. The molecule has 0 aromatic rings. The SMILES string of the molecule is [CH]1CCNCC1CC1OCCO1. The van der Waals surface area contributed by atoms with Crippen molar-refractivity contribution < 1.29 is 9.47 Å². The zero-order valence-corrected chi connectivity index (χ0v) is 7.29. The standard InChI is InChI=1S/C9H16NO2/c1-2-8(7-10-3-1)6-9-11-4-5-12-9/h2,8-10H,1,3-7H2. The highest BCUT2D eigenvalue weighted by Gasteiger charge is 2.22. The van der Waals surface area contributed by atoms with Gasteiger partial charge in [0.25, 0.3) is 0 Å². The molecular formula is C9H16NO2. The molecule has 1 radical (unpaired) electrons. The van der Waals surface area contributed by atoms with Crippen LogP contribution in [0, 0.1) is 12.3 Å². The number of hydrogen-bond donors (Lipinski definition) is 1. The van der Waals surface area contributed by atoms with Gasteiger partial charge in [-0.1, -0.05) is 0 Å². The van der Waals surface area contributed by atoms with Gasteiger partial charge in [-0.2, -0.15) is 0 Å². The van der Waals surface area contributed by atoms with Crippen molar-refractivity contribution >= 4 is 0 Å². The first kappa shape index (κ1) is 8.48. The Morgan fingerprint density at radius 1 is 1.33 bits per heavy atom. The molecule has 0 amide bonds. The predicted molar refractivity (Wildman–Crippen MR) is 45.6 cm³/mol. The Hall–Kier alpha value is -0.120. The Bertz CT molecular complexity index is 128. The Morgan fingerprint density at radius 2 is 2.17 bits per heavy atom. The van der Waals surface area contributed by atoms with Crippen molar-refractivity contribution in [1.29, 1.82) is 0 Å². The third-order valence-electron chi connectivity index (χ3n) is 2.41. The van der Waals surface area contributed by atoms with Crippen molar-refractivity contribution in [3.63, 3.8) is 0 Å². The van der Waals surface area contributed by atoms with Crippen molar-refractivity contribution in [2.45, 2.75) is 19.1 Å². The molecular weight excluding hydrogens is 154 g/mol. The third kappa shape index (κ3) is 2.19. The highest BCUT2D eigenvalue weighted by Crippen LogP contribution is 2.19. The van der Waals surface area contributed by atoms with E-state index in [2.05, 4.69) is 11.7 Å². The number of rotatable bonds is 2. The molecule has 0 aliphatic carbocycles. The van der Waals surface area contributed by atoms with E-state index in [1.165, 1.54) is 6.42 Å². The lowest BCUT2D eigenvalue weighted by atomic mass is 9.96. The van der Waals surface area contributed by atoms with Crippen LogP contribution in [-0.4, -0.2) is 32.6 Å². The van der Waals surface area contributed by atoms with Crippen molar-refractivity contribution in [2.24, 2.45) is 5.92 Å². The third-order valence-corrected chi connectivity index (χ3v) is 2.41. The van der Waals surface area contributed by atoms with Crippen LogP contribution in [0.25, 0.3) is 0 Å². The monoisotopic (exact) mass is 170 g/mol. The minimum Gasteiger partial charge on any atom is -0.350 e. The van der Waals surface area contributed by atoms with Crippen LogP contribution in [0.1, 0.15) is 12.8 Å². The second-order valence-electron chi connectivity index (χ2n) is 3.40. The number of ether oxygens (including phenoxy) is 2. The van der Waals surface area contributed by atoms with E-state index in [1.807, 2.05) is 0 Å². The van der Waals surface area contributed by atoms with Gasteiger partial charge in [-0.25, -0.2) is 0 Å². The van der Waals surface area contributed by atoms with Crippen molar-refractivity contribution in [3.8, 4) is 0 Å². The van der Waals surface area contributed by atoms with E-state index in [4.69, 9.17) is 9.47 Å². The molecule has 2 rings (SSSR count). The molecule has 69 valence electrons. The minimum atomic E-state index is 0.0612. The second kappa shape index (κ2) is 4.21. The predicted octanol–water partition coefficient (Wildman–Crippen LogP) is 0.563. The fraction of sp³-hybridized carbons (Fsp3) is 0.889. The Morgan fingerprint density at radius 3 is 2.83 bits per heavy atom. The first-order valence-corrected chi connectivity index (χ1v) is 4.72. The van der Waals surface area contributed by atoms with Crippen LogP contribution in [-0.2, 0) is 9.47 Å². The van der Waals surface area contributed by atoms with Crippen molar-refractivity contribution in [1.82, 2.24) is 5.32 Å². The summed E-state index contributed by atoms with van der Waals surface area (Å²) in [6, 6.07) is 0. The van der Waals surface area contributed by atoms with Gasteiger partial charge < -0.3 is 14.8 Å². The van der Waals surface area contributed by atoms with Crippen LogP contribution in [0.5, 0.6) is 0 Å². The fourth-order valence-electron chi connectivity index (χ4n) is 1.76. The summed E-state index contributed by atoms with van der Waals surface area (Å²) in [5, 5.41) is 3.37. The highest BCUT2D eigenvalue weighted by molar-refractivity contribution is 4.84. The number of hydrogen-bond acceptors (Lipinski definition) is 3. The topological polar surface area (TPSA) is 30.5 Å². The maximum Gasteiger partial charge on any atom is 0.158 e. The molecule has 0 aromatic heterocycles. The van der Waals surface area contributed by atoms with E-state index < -0.39 is 0 Å². The van der Waals surface area contributed by atoms with Crippen LogP contribution in [0.4, 0.5) is 0 Å². The molecule has 12 heavy (non-hydrogen) atoms. The molecule has 2 saturated heterocycles. The van der Waals surface area contributed by atoms with Gasteiger partial charge in [0.05, 0.1) is 13.2 Å². The van der Waals surface area contributed by atoms with Gasteiger partial charge in [-0.3, -0.25) is 0 Å². The summed E-state index contributed by atoms with van der Waals surface area (Å²) in [5.41, 5.74) is 0. The summed E-state index contributed by atoms with van der Waals surface area (Å²) in [6.07, 6.45) is 4.64. The summed E-state index contributed by atoms with van der Waals surface area (Å²) in [4.78, 5) is 0. The van der Waals surface area contributed by atoms with E-state index in [0.29, 0.717) is 5.92 Å². The quantitative estimate of drug-likeness (QED) is 0.657. The smallest absolute Gasteiger partial charge is 0.158 e. The molecule has 2 fully saturated rings. The minimum absolute atomic E-state index is 0.0612. The average Bonchev–Trinajstić information content (AvgIpc) is 2.59. The normalized spacial score (nSPS) is 32.5. The summed E-state index contributed by atoms with van der Waals surface area (Å²) in [6.45, 7) is 3.75. The molecule has 2 aliphatic heterocycles. The van der Waals surface area contributed by atoms with Crippen LogP contribution in [0.15, 0.2) is 0 Å². The van der Waals surface area contributed by atoms with Crippen LogP contribution in [0.2, 0.25) is 0 Å². The van der Waals surface area contributed by atoms with Crippen LogP contribution in [0.3, 0.4) is 0 Å². The van der Waals surface area contributed by atoms with E-state index >= 15 is 0 Å². The molecule has 0 spiro atoms. The van der Waals surface area contributed by atoms with E-state index in [0.717, 1.165) is 32.7 Å².